The maximum atomic E-state index is 14.4. The fraction of sp³-hybridized carbons (Fsp3) is 0.605. The van der Waals surface area contributed by atoms with Crippen LogP contribution in [-0.4, -0.2) is 77.4 Å². The van der Waals surface area contributed by atoms with Crippen LogP contribution in [0.5, 0.6) is 5.75 Å². The summed E-state index contributed by atoms with van der Waals surface area (Å²) in [6, 6.07) is 8.02. The van der Waals surface area contributed by atoms with Crippen LogP contribution in [0.25, 0.3) is 11.3 Å². The topological polar surface area (TPSA) is 120 Å². The normalized spacial score (nSPS) is 24.9. The van der Waals surface area contributed by atoms with E-state index in [1.807, 2.05) is 36.9 Å². The van der Waals surface area contributed by atoms with Gasteiger partial charge in [0.25, 0.3) is 0 Å². The van der Waals surface area contributed by atoms with Crippen LogP contribution in [0, 0.1) is 18.8 Å². The smallest absolute Gasteiger partial charge is 0.410 e. The van der Waals surface area contributed by atoms with Crippen LogP contribution < -0.4 is 9.64 Å². The predicted octanol–water partition coefficient (Wildman–Crippen LogP) is 7.05. The molecule has 0 N–H and O–H groups in total. The van der Waals surface area contributed by atoms with Crippen LogP contribution in [0.15, 0.2) is 41.1 Å². The number of hydrogen-bond acceptors (Lipinski definition) is 9. The highest BCUT2D eigenvalue weighted by Gasteiger charge is 2.43. The highest BCUT2D eigenvalue weighted by Crippen LogP contribution is 2.41. The first kappa shape index (κ1) is 33.5. The third kappa shape index (κ3) is 7.46. The third-order valence-corrected chi connectivity index (χ3v) is 11.1. The lowest BCUT2D eigenvalue weighted by molar-refractivity contribution is -0.124. The second kappa shape index (κ2) is 14.1. The van der Waals surface area contributed by atoms with Crippen molar-refractivity contribution in [2.45, 2.75) is 102 Å². The number of ether oxygens (including phenoxy) is 3. The molecule has 11 heteroatoms. The molecule has 0 atom stereocenters. The minimum Gasteiger partial charge on any atom is -0.495 e. The number of oxazole rings is 1. The van der Waals surface area contributed by atoms with Gasteiger partial charge in [-0.15, -0.1) is 0 Å². The average molecular weight is 672 g/mol. The van der Waals surface area contributed by atoms with Gasteiger partial charge in [-0.3, -0.25) is 14.7 Å². The highest BCUT2D eigenvalue weighted by atomic mass is 16.6. The number of likely N-dealkylation sites (tertiary alicyclic amines) is 1. The van der Waals surface area contributed by atoms with Gasteiger partial charge in [0.15, 0.2) is 5.89 Å². The molecule has 49 heavy (non-hydrogen) atoms. The molecule has 3 saturated carbocycles. The molecule has 0 unspecified atom stereocenters. The van der Waals surface area contributed by atoms with Crippen LogP contribution in [0.3, 0.4) is 0 Å². The Morgan fingerprint density at radius 3 is 2.37 bits per heavy atom. The van der Waals surface area contributed by atoms with Crippen molar-refractivity contribution in [1.82, 2.24) is 19.9 Å². The molecular weight excluding hydrogens is 622 g/mol. The summed E-state index contributed by atoms with van der Waals surface area (Å²) < 4.78 is 22.5. The summed E-state index contributed by atoms with van der Waals surface area (Å²) >= 11 is 0. The van der Waals surface area contributed by atoms with Crippen molar-refractivity contribution in [1.29, 1.82) is 0 Å². The molecule has 4 fully saturated rings. The van der Waals surface area contributed by atoms with Gasteiger partial charge in [-0.1, -0.05) is 0 Å². The van der Waals surface area contributed by atoms with Gasteiger partial charge in [-0.2, -0.15) is 0 Å². The molecule has 4 heterocycles. The molecule has 1 saturated heterocycles. The summed E-state index contributed by atoms with van der Waals surface area (Å²) in [6.07, 6.45) is 12.0. The molecule has 11 nitrogen and oxygen atoms in total. The Balaban J connectivity index is 1.03. The molecule has 0 bridgehead atoms. The molecule has 0 aromatic carbocycles. The molecule has 0 radical (unpaired) electrons. The molecule has 2 amide bonds. The standard InChI is InChI=1S/C38H49N5O6/c1-24-33(46-3)16-15-31(40-24)26-7-5-25(6-8-26)20-43(34-19-29(17-18-39-34)32-21-48-35(41-32)27-9-10-27)36(44)28-11-13-30(14-12-28)49-37(45)42-22-38(2,23-42)47-4/h15-19,21,25-28,30H,5-14,20,22-23H2,1-4H3. The second-order valence-corrected chi connectivity index (χ2v) is 14.8. The van der Waals surface area contributed by atoms with E-state index >= 15 is 0 Å². The molecule has 0 spiro atoms. The van der Waals surface area contributed by atoms with Crippen molar-refractivity contribution in [3.63, 3.8) is 0 Å². The van der Waals surface area contributed by atoms with E-state index in [1.165, 1.54) is 0 Å². The van der Waals surface area contributed by atoms with Crippen LogP contribution in [0.1, 0.15) is 100 Å². The number of pyridine rings is 2. The highest BCUT2D eigenvalue weighted by molar-refractivity contribution is 5.94. The number of amides is 2. The van der Waals surface area contributed by atoms with E-state index < -0.39 is 0 Å². The van der Waals surface area contributed by atoms with Crippen molar-refractivity contribution < 1.29 is 28.2 Å². The maximum absolute atomic E-state index is 14.4. The lowest BCUT2D eigenvalue weighted by Crippen LogP contribution is -2.63. The Morgan fingerprint density at radius 2 is 1.69 bits per heavy atom. The number of nitrogens with zero attached hydrogens (tertiary/aromatic N) is 5. The summed E-state index contributed by atoms with van der Waals surface area (Å²) in [5.41, 5.74) is 3.41. The summed E-state index contributed by atoms with van der Waals surface area (Å²) in [6.45, 7) is 5.67. The van der Waals surface area contributed by atoms with Gasteiger partial charge in [-0.25, -0.2) is 14.8 Å². The number of hydrogen-bond donors (Lipinski definition) is 0. The van der Waals surface area contributed by atoms with E-state index in [4.69, 9.17) is 33.6 Å². The summed E-state index contributed by atoms with van der Waals surface area (Å²) in [5, 5.41) is 0. The van der Waals surface area contributed by atoms with Gasteiger partial charge in [0.2, 0.25) is 5.91 Å². The van der Waals surface area contributed by atoms with Crippen molar-refractivity contribution in [2.24, 2.45) is 11.8 Å². The number of carbonyl (C=O) groups is 2. The fourth-order valence-corrected chi connectivity index (χ4v) is 7.75. The second-order valence-electron chi connectivity index (χ2n) is 14.8. The zero-order chi connectivity index (χ0) is 34.1. The first-order chi connectivity index (χ1) is 23.7. The largest absolute Gasteiger partial charge is 0.495 e. The molecule has 4 aliphatic rings. The summed E-state index contributed by atoms with van der Waals surface area (Å²) in [4.78, 5) is 45.1. The minimum atomic E-state index is -0.296. The van der Waals surface area contributed by atoms with E-state index in [1.54, 1.807) is 31.6 Å². The Kier molecular flexibility index (Phi) is 9.64. The third-order valence-electron chi connectivity index (χ3n) is 11.1. The van der Waals surface area contributed by atoms with Gasteiger partial charge >= 0.3 is 6.09 Å². The minimum absolute atomic E-state index is 0.0985. The molecule has 3 aliphatic carbocycles. The van der Waals surface area contributed by atoms with Crippen molar-refractivity contribution in [3.05, 3.63) is 54.0 Å². The Morgan fingerprint density at radius 1 is 0.959 bits per heavy atom. The van der Waals surface area contributed by atoms with E-state index in [0.717, 1.165) is 72.8 Å². The van der Waals surface area contributed by atoms with Crippen molar-refractivity contribution >= 4 is 17.8 Å². The van der Waals surface area contributed by atoms with Gasteiger partial charge in [0.1, 0.15) is 35.2 Å². The van der Waals surface area contributed by atoms with Gasteiger partial charge in [0.05, 0.1) is 25.9 Å². The van der Waals surface area contributed by atoms with E-state index in [2.05, 4.69) is 6.07 Å². The zero-order valence-electron chi connectivity index (χ0n) is 29.2. The lowest BCUT2D eigenvalue weighted by atomic mass is 9.79. The number of anilines is 1. The number of aryl methyl sites for hydroxylation is 1. The van der Waals surface area contributed by atoms with E-state index in [9.17, 15) is 9.59 Å². The summed E-state index contributed by atoms with van der Waals surface area (Å²) in [7, 11) is 3.34. The van der Waals surface area contributed by atoms with Crippen LogP contribution >= 0.6 is 0 Å². The number of aromatic nitrogens is 3. The van der Waals surface area contributed by atoms with E-state index in [0.29, 0.717) is 68.9 Å². The Hall–Kier alpha value is -3.99. The fourth-order valence-electron chi connectivity index (χ4n) is 7.75. The monoisotopic (exact) mass is 671 g/mol. The molecule has 1 aliphatic heterocycles. The van der Waals surface area contributed by atoms with Gasteiger partial charge in [0, 0.05) is 48.9 Å². The first-order valence-electron chi connectivity index (χ1n) is 18.0. The van der Waals surface area contributed by atoms with Gasteiger partial charge in [-0.05, 0) is 108 Å². The molecule has 262 valence electrons. The number of methoxy groups -OCH3 is 2. The SMILES string of the molecule is COc1ccc(C2CCC(CN(C(=O)C3CCC(OC(=O)N4CC(C)(OC)C4)CC3)c3cc(-c4coc(C5CC5)n4)ccn3)CC2)nc1C. The van der Waals surface area contributed by atoms with Gasteiger partial charge < -0.3 is 23.5 Å². The maximum Gasteiger partial charge on any atom is 0.410 e. The molecular formula is C38H49N5O6. The quantitative estimate of drug-likeness (QED) is 0.223. The summed E-state index contributed by atoms with van der Waals surface area (Å²) in [5.74, 6) is 3.38. The van der Waals surface area contributed by atoms with Crippen molar-refractivity contribution in [3.8, 4) is 17.0 Å². The first-order valence-corrected chi connectivity index (χ1v) is 18.0. The Labute approximate surface area is 288 Å². The number of rotatable bonds is 10. The number of carbonyl (C=O) groups excluding carboxylic acids is 2. The molecule has 3 aromatic rings. The van der Waals surface area contributed by atoms with Crippen LogP contribution in [0.2, 0.25) is 0 Å². The lowest BCUT2D eigenvalue weighted by Gasteiger charge is -2.46. The molecule has 3 aromatic heterocycles. The van der Waals surface area contributed by atoms with Crippen molar-refractivity contribution in [2.75, 3.05) is 38.8 Å². The zero-order valence-corrected chi connectivity index (χ0v) is 29.2. The Bertz CT molecular complexity index is 1630. The van der Waals surface area contributed by atoms with Crippen LogP contribution in [0.4, 0.5) is 10.6 Å². The van der Waals surface area contributed by atoms with E-state index in [-0.39, 0.29) is 29.6 Å². The van der Waals surface area contributed by atoms with Crippen LogP contribution in [-0.2, 0) is 14.3 Å². The predicted molar refractivity (Wildman–Crippen MR) is 184 cm³/mol. The average Bonchev–Trinajstić information content (AvgIpc) is 3.85. The molecule has 7 rings (SSSR count).